The van der Waals surface area contributed by atoms with Crippen molar-refractivity contribution in [2.75, 3.05) is 6.54 Å². The van der Waals surface area contributed by atoms with E-state index < -0.39 is 11.7 Å². The predicted octanol–water partition coefficient (Wildman–Crippen LogP) is 1.64. The van der Waals surface area contributed by atoms with Crippen LogP contribution in [0.15, 0.2) is 12.0 Å². The standard InChI is InChI=1S/C8H13NO3/c1-8(2,3)12-7(11)9-4-6(10)5-9/h4,10H,5H2,1-3H3. The monoisotopic (exact) mass is 171 g/mol. The van der Waals surface area contributed by atoms with Crippen molar-refractivity contribution in [2.45, 2.75) is 26.4 Å². The lowest BCUT2D eigenvalue weighted by atomic mass is 10.2. The van der Waals surface area contributed by atoms with E-state index in [-0.39, 0.29) is 12.3 Å². The Morgan fingerprint density at radius 3 is 2.50 bits per heavy atom. The normalized spacial score (nSPS) is 16.6. The van der Waals surface area contributed by atoms with Gasteiger partial charge in [0.05, 0.1) is 12.7 Å². The molecule has 0 saturated carbocycles. The molecule has 0 aliphatic carbocycles. The number of rotatable bonds is 0. The summed E-state index contributed by atoms with van der Waals surface area (Å²) in [6, 6.07) is 0. The minimum absolute atomic E-state index is 0.209. The average molecular weight is 171 g/mol. The van der Waals surface area contributed by atoms with Gasteiger partial charge in [0.2, 0.25) is 0 Å². The van der Waals surface area contributed by atoms with E-state index in [1.165, 1.54) is 11.1 Å². The van der Waals surface area contributed by atoms with E-state index in [9.17, 15) is 4.79 Å². The van der Waals surface area contributed by atoms with Gasteiger partial charge in [0.25, 0.3) is 0 Å². The van der Waals surface area contributed by atoms with Crippen LogP contribution in [0.5, 0.6) is 0 Å². The number of aliphatic hydroxyl groups is 1. The van der Waals surface area contributed by atoms with Gasteiger partial charge >= 0.3 is 6.09 Å². The number of carbonyl (C=O) groups excluding carboxylic acids is 1. The Balaban J connectivity index is 2.41. The number of nitrogens with zero attached hydrogens (tertiary/aromatic N) is 1. The van der Waals surface area contributed by atoms with Crippen molar-refractivity contribution in [3.63, 3.8) is 0 Å². The lowest BCUT2D eigenvalue weighted by Gasteiger charge is -2.29. The summed E-state index contributed by atoms with van der Waals surface area (Å²) in [6.07, 6.45) is 0.939. The van der Waals surface area contributed by atoms with Gasteiger partial charge in [0.15, 0.2) is 0 Å². The van der Waals surface area contributed by atoms with Gasteiger partial charge in [-0.2, -0.15) is 0 Å². The molecule has 1 N–H and O–H groups in total. The van der Waals surface area contributed by atoms with Crippen LogP contribution in [0, 0.1) is 0 Å². The van der Waals surface area contributed by atoms with Crippen molar-refractivity contribution in [3.05, 3.63) is 12.0 Å². The molecule has 1 aliphatic heterocycles. The van der Waals surface area contributed by atoms with Gasteiger partial charge in [-0.3, -0.25) is 4.90 Å². The second-order valence-corrected chi connectivity index (χ2v) is 3.73. The van der Waals surface area contributed by atoms with E-state index >= 15 is 0 Å². The molecule has 68 valence electrons. The summed E-state index contributed by atoms with van der Waals surface area (Å²) >= 11 is 0. The molecule has 4 nitrogen and oxygen atoms in total. The van der Waals surface area contributed by atoms with Crippen LogP contribution in [0.25, 0.3) is 0 Å². The molecule has 0 atom stereocenters. The highest BCUT2D eigenvalue weighted by atomic mass is 16.6. The molecule has 0 spiro atoms. The Kier molecular flexibility index (Phi) is 2.00. The summed E-state index contributed by atoms with van der Waals surface area (Å²) in [7, 11) is 0. The van der Waals surface area contributed by atoms with Crippen molar-refractivity contribution in [1.82, 2.24) is 4.90 Å². The van der Waals surface area contributed by atoms with Crippen molar-refractivity contribution < 1.29 is 14.6 Å². The molecule has 0 aromatic rings. The Hall–Kier alpha value is -1.19. The first-order chi connectivity index (χ1) is 5.38. The van der Waals surface area contributed by atoms with Crippen LogP contribution in [0.3, 0.4) is 0 Å². The van der Waals surface area contributed by atoms with Gasteiger partial charge in [-0.1, -0.05) is 0 Å². The fourth-order valence-corrected chi connectivity index (χ4v) is 0.766. The van der Waals surface area contributed by atoms with Gasteiger partial charge < -0.3 is 9.84 Å². The molecule has 0 aromatic carbocycles. The summed E-state index contributed by atoms with van der Waals surface area (Å²) in [5, 5.41) is 8.78. The zero-order chi connectivity index (χ0) is 9.35. The highest BCUT2D eigenvalue weighted by Crippen LogP contribution is 2.15. The van der Waals surface area contributed by atoms with Crippen LogP contribution in [-0.2, 0) is 4.74 Å². The number of aliphatic hydroxyl groups excluding tert-OH is 1. The second-order valence-electron chi connectivity index (χ2n) is 3.73. The first-order valence-electron chi connectivity index (χ1n) is 3.78. The van der Waals surface area contributed by atoms with E-state index in [0.29, 0.717) is 0 Å². The van der Waals surface area contributed by atoms with Crippen LogP contribution in [0.2, 0.25) is 0 Å². The number of hydrogen-bond donors (Lipinski definition) is 1. The zero-order valence-electron chi connectivity index (χ0n) is 7.50. The third-order valence-electron chi connectivity index (χ3n) is 1.27. The molecule has 0 fully saturated rings. The Morgan fingerprint density at radius 2 is 2.17 bits per heavy atom. The molecular formula is C8H13NO3. The largest absolute Gasteiger partial charge is 0.509 e. The van der Waals surface area contributed by atoms with E-state index in [0.717, 1.165) is 0 Å². The van der Waals surface area contributed by atoms with Crippen molar-refractivity contribution >= 4 is 6.09 Å². The van der Waals surface area contributed by atoms with Crippen LogP contribution in [-0.4, -0.2) is 28.2 Å². The van der Waals surface area contributed by atoms with Gasteiger partial charge in [-0.15, -0.1) is 0 Å². The Labute approximate surface area is 71.4 Å². The summed E-state index contributed by atoms with van der Waals surface area (Å²) in [4.78, 5) is 12.5. The van der Waals surface area contributed by atoms with E-state index in [4.69, 9.17) is 9.84 Å². The molecule has 0 unspecified atom stereocenters. The van der Waals surface area contributed by atoms with Crippen LogP contribution in [0.4, 0.5) is 4.79 Å². The highest BCUT2D eigenvalue weighted by Gasteiger charge is 2.26. The highest BCUT2D eigenvalue weighted by molar-refractivity contribution is 5.71. The lowest BCUT2D eigenvalue weighted by molar-refractivity contribution is 0.0280. The summed E-state index contributed by atoms with van der Waals surface area (Å²) < 4.78 is 5.02. The molecule has 4 heteroatoms. The summed E-state index contributed by atoms with van der Waals surface area (Å²) in [5.74, 6) is 0.209. The van der Waals surface area contributed by atoms with E-state index in [2.05, 4.69) is 0 Å². The molecular weight excluding hydrogens is 158 g/mol. The number of carbonyl (C=O) groups is 1. The fourth-order valence-electron chi connectivity index (χ4n) is 0.766. The molecule has 1 aliphatic rings. The number of hydrogen-bond acceptors (Lipinski definition) is 3. The van der Waals surface area contributed by atoms with Crippen molar-refractivity contribution in [2.24, 2.45) is 0 Å². The van der Waals surface area contributed by atoms with Crippen molar-refractivity contribution in [1.29, 1.82) is 0 Å². The predicted molar refractivity (Wildman–Crippen MR) is 43.7 cm³/mol. The molecule has 1 rings (SSSR count). The minimum atomic E-state index is -0.476. The zero-order valence-corrected chi connectivity index (χ0v) is 7.50. The average Bonchev–Trinajstić information content (AvgIpc) is 1.76. The molecule has 1 heterocycles. The maximum absolute atomic E-state index is 11.1. The van der Waals surface area contributed by atoms with Gasteiger partial charge in [0.1, 0.15) is 11.4 Å². The lowest BCUT2D eigenvalue weighted by Crippen LogP contribution is -2.39. The SMILES string of the molecule is CC(C)(C)OC(=O)N1C=C(O)C1. The first kappa shape index (κ1) is 8.90. The number of ether oxygens (including phenoxy) is 1. The van der Waals surface area contributed by atoms with Crippen LogP contribution in [0.1, 0.15) is 20.8 Å². The maximum Gasteiger partial charge on any atom is 0.414 e. The topological polar surface area (TPSA) is 49.8 Å². The molecule has 0 radical (unpaired) electrons. The first-order valence-corrected chi connectivity index (χ1v) is 3.78. The molecule has 12 heavy (non-hydrogen) atoms. The van der Waals surface area contributed by atoms with Gasteiger partial charge in [0, 0.05) is 0 Å². The van der Waals surface area contributed by atoms with Crippen molar-refractivity contribution in [3.8, 4) is 0 Å². The smallest absolute Gasteiger partial charge is 0.414 e. The number of amides is 1. The van der Waals surface area contributed by atoms with Crippen LogP contribution < -0.4 is 0 Å². The van der Waals surface area contributed by atoms with E-state index in [1.807, 2.05) is 0 Å². The van der Waals surface area contributed by atoms with Crippen LogP contribution >= 0.6 is 0 Å². The maximum atomic E-state index is 11.1. The second kappa shape index (κ2) is 2.69. The Morgan fingerprint density at radius 1 is 1.67 bits per heavy atom. The third-order valence-corrected chi connectivity index (χ3v) is 1.27. The minimum Gasteiger partial charge on any atom is -0.509 e. The molecule has 1 amide bonds. The van der Waals surface area contributed by atoms with Gasteiger partial charge in [-0.25, -0.2) is 4.79 Å². The van der Waals surface area contributed by atoms with E-state index in [1.54, 1.807) is 20.8 Å². The third kappa shape index (κ3) is 2.15. The molecule has 0 bridgehead atoms. The molecule has 0 aromatic heterocycles. The molecule has 0 saturated heterocycles. The quantitative estimate of drug-likeness (QED) is 0.602. The fraction of sp³-hybridized carbons (Fsp3) is 0.625. The summed E-state index contributed by atoms with van der Waals surface area (Å²) in [5.41, 5.74) is -0.476. The Bertz CT molecular complexity index is 227. The van der Waals surface area contributed by atoms with Gasteiger partial charge in [-0.05, 0) is 20.8 Å². The summed E-state index contributed by atoms with van der Waals surface area (Å²) in [6.45, 7) is 5.66.